The second-order valence-corrected chi connectivity index (χ2v) is 9.89. The molecule has 8 nitrogen and oxygen atoms in total. The van der Waals surface area contributed by atoms with Crippen LogP contribution in [0.15, 0.2) is 72.1 Å². The number of likely N-dealkylation sites (tertiary alicyclic amines) is 1. The van der Waals surface area contributed by atoms with Gasteiger partial charge >= 0.3 is 0 Å². The molecule has 2 aliphatic rings. The van der Waals surface area contributed by atoms with Crippen molar-refractivity contribution in [3.05, 3.63) is 83.2 Å². The Hall–Kier alpha value is -3.45. The van der Waals surface area contributed by atoms with Crippen LogP contribution in [0.3, 0.4) is 0 Å². The minimum absolute atomic E-state index is 0.0467. The van der Waals surface area contributed by atoms with Crippen LogP contribution >= 0.6 is 0 Å². The van der Waals surface area contributed by atoms with Gasteiger partial charge in [0.1, 0.15) is 5.65 Å². The van der Waals surface area contributed by atoms with Crippen molar-refractivity contribution in [3.63, 3.8) is 0 Å². The molecule has 8 heteroatoms. The number of fused-ring (bicyclic) bond motifs is 1. The van der Waals surface area contributed by atoms with Crippen molar-refractivity contribution in [2.24, 2.45) is 5.92 Å². The molecule has 0 radical (unpaired) electrons. The number of carbonyl (C=O) groups excluding carboxylic acids is 1. The number of amides is 1. The van der Waals surface area contributed by atoms with Gasteiger partial charge in [0.25, 0.3) is 11.5 Å². The molecule has 0 aliphatic carbocycles. The molecule has 36 heavy (non-hydrogen) atoms. The Labute approximate surface area is 210 Å². The van der Waals surface area contributed by atoms with Crippen molar-refractivity contribution in [1.82, 2.24) is 24.3 Å². The van der Waals surface area contributed by atoms with E-state index in [1.54, 1.807) is 17.0 Å². The van der Waals surface area contributed by atoms with Crippen LogP contribution in [0.4, 0.5) is 0 Å². The number of nitrogens with zero attached hydrogens (tertiary/aromatic N) is 4. The van der Waals surface area contributed by atoms with E-state index in [0.717, 1.165) is 18.4 Å². The number of allylic oxidation sites excluding steroid dienone is 1. The second-order valence-electron chi connectivity index (χ2n) is 9.89. The largest absolute Gasteiger partial charge is 0.379 e. The quantitative estimate of drug-likeness (QED) is 0.521. The fourth-order valence-electron chi connectivity index (χ4n) is 5.62. The number of rotatable bonds is 6. The van der Waals surface area contributed by atoms with E-state index in [-0.39, 0.29) is 23.3 Å². The SMILES string of the molecule is C=C=CCn1ccc2c(=O)n(CC3CCN(C(=O)[C@@]4(O)CCNC[C@H]4c4ccccc4)CC3)cnc21. The number of hydrogen-bond donors (Lipinski definition) is 2. The smallest absolute Gasteiger partial charge is 0.262 e. The highest BCUT2D eigenvalue weighted by atomic mass is 16.3. The summed E-state index contributed by atoms with van der Waals surface area (Å²) in [7, 11) is 0. The third-order valence-electron chi connectivity index (χ3n) is 7.71. The molecule has 2 saturated heterocycles. The molecule has 1 aromatic carbocycles. The Morgan fingerprint density at radius 3 is 2.75 bits per heavy atom. The fraction of sp³-hybridized carbons (Fsp3) is 0.429. The van der Waals surface area contributed by atoms with E-state index in [4.69, 9.17) is 0 Å². The van der Waals surface area contributed by atoms with Crippen LogP contribution in [-0.2, 0) is 17.9 Å². The lowest BCUT2D eigenvalue weighted by Gasteiger charge is -2.43. The summed E-state index contributed by atoms with van der Waals surface area (Å²) >= 11 is 0. The summed E-state index contributed by atoms with van der Waals surface area (Å²) < 4.78 is 3.58. The first-order valence-corrected chi connectivity index (χ1v) is 12.7. The first-order chi connectivity index (χ1) is 17.5. The molecule has 0 unspecified atom stereocenters. The molecule has 2 fully saturated rings. The third kappa shape index (κ3) is 4.55. The lowest BCUT2D eigenvalue weighted by Crippen LogP contribution is -2.59. The molecule has 0 bridgehead atoms. The average Bonchev–Trinajstić information content (AvgIpc) is 3.33. The van der Waals surface area contributed by atoms with Crippen molar-refractivity contribution in [2.45, 2.75) is 43.9 Å². The first kappa shape index (κ1) is 24.3. The summed E-state index contributed by atoms with van der Waals surface area (Å²) in [6, 6.07) is 11.6. The van der Waals surface area contributed by atoms with Crippen molar-refractivity contribution >= 4 is 16.9 Å². The van der Waals surface area contributed by atoms with Crippen LogP contribution in [0.1, 0.15) is 30.7 Å². The number of aliphatic hydroxyl groups is 1. The molecule has 188 valence electrons. The zero-order chi connectivity index (χ0) is 25.1. The highest BCUT2D eigenvalue weighted by molar-refractivity contribution is 5.86. The number of aromatic nitrogens is 3. The third-order valence-corrected chi connectivity index (χ3v) is 7.71. The van der Waals surface area contributed by atoms with Crippen molar-refractivity contribution in [1.29, 1.82) is 0 Å². The summed E-state index contributed by atoms with van der Waals surface area (Å²) in [6.45, 7) is 7.07. The molecule has 0 spiro atoms. The average molecular weight is 488 g/mol. The van der Waals surface area contributed by atoms with Gasteiger partial charge in [0.05, 0.1) is 11.7 Å². The predicted octanol–water partition coefficient (Wildman–Crippen LogP) is 2.29. The van der Waals surface area contributed by atoms with Crippen LogP contribution in [0.2, 0.25) is 0 Å². The summed E-state index contributed by atoms with van der Waals surface area (Å²) in [5.74, 6) is -0.181. The highest BCUT2D eigenvalue weighted by Crippen LogP contribution is 2.36. The molecule has 1 amide bonds. The molecule has 3 aromatic rings. The number of hydrogen-bond acceptors (Lipinski definition) is 5. The summed E-state index contributed by atoms with van der Waals surface area (Å²) in [5.41, 5.74) is 2.93. The maximum absolute atomic E-state index is 13.6. The Kier molecular flexibility index (Phi) is 6.92. The first-order valence-electron chi connectivity index (χ1n) is 12.7. The van der Waals surface area contributed by atoms with Gasteiger partial charge in [-0.25, -0.2) is 4.98 Å². The molecule has 2 atom stereocenters. The maximum atomic E-state index is 13.6. The van der Waals surface area contributed by atoms with Crippen LogP contribution in [0, 0.1) is 5.92 Å². The van der Waals surface area contributed by atoms with Crippen LogP contribution in [-0.4, -0.2) is 61.8 Å². The van der Waals surface area contributed by atoms with E-state index in [2.05, 4.69) is 22.6 Å². The van der Waals surface area contributed by atoms with Gasteiger partial charge in [-0.05, 0) is 49.4 Å². The van der Waals surface area contributed by atoms with Gasteiger partial charge in [0.2, 0.25) is 0 Å². The molecular formula is C28H33N5O3. The van der Waals surface area contributed by atoms with Crippen molar-refractivity contribution < 1.29 is 9.90 Å². The number of benzene rings is 1. The van der Waals surface area contributed by atoms with Crippen LogP contribution in [0.25, 0.3) is 11.0 Å². The monoisotopic (exact) mass is 487 g/mol. The van der Waals surface area contributed by atoms with E-state index in [0.29, 0.717) is 56.7 Å². The minimum atomic E-state index is -1.40. The van der Waals surface area contributed by atoms with Gasteiger partial charge in [0.15, 0.2) is 5.60 Å². The van der Waals surface area contributed by atoms with Crippen LogP contribution < -0.4 is 10.9 Å². The molecule has 2 aliphatic heterocycles. The van der Waals surface area contributed by atoms with Crippen LogP contribution in [0.5, 0.6) is 0 Å². The molecular weight excluding hydrogens is 454 g/mol. The van der Waals surface area contributed by atoms with Gasteiger partial charge in [-0.3, -0.25) is 14.2 Å². The Morgan fingerprint density at radius 1 is 1.22 bits per heavy atom. The standard InChI is InChI=1S/C28H33N5O3/c1-2-3-14-31-17-11-23-25(31)30-20-33(26(23)34)19-21-9-15-32(16-10-21)27(35)28(36)12-13-29-18-24(28)22-7-5-4-6-8-22/h3-8,11,17,20-21,24,29,36H,1,9-10,12-16,18-19H2/t24-,28+/m0/s1. The molecule has 4 heterocycles. The van der Waals surface area contributed by atoms with Gasteiger partial charge < -0.3 is 19.9 Å². The second kappa shape index (κ2) is 10.3. The normalized spacial score (nSPS) is 22.9. The van der Waals surface area contributed by atoms with Gasteiger partial charge in [0, 0.05) is 44.8 Å². The van der Waals surface area contributed by atoms with E-state index in [1.807, 2.05) is 52.1 Å². The van der Waals surface area contributed by atoms with E-state index in [1.165, 1.54) is 0 Å². The molecule has 0 saturated carbocycles. The fourth-order valence-corrected chi connectivity index (χ4v) is 5.62. The maximum Gasteiger partial charge on any atom is 0.262 e. The Balaban J connectivity index is 1.25. The zero-order valence-corrected chi connectivity index (χ0v) is 20.5. The van der Waals surface area contributed by atoms with Crippen molar-refractivity contribution in [3.8, 4) is 0 Å². The minimum Gasteiger partial charge on any atom is -0.379 e. The number of carbonyl (C=O) groups is 1. The molecule has 2 N–H and O–H groups in total. The summed E-state index contributed by atoms with van der Waals surface area (Å²) in [6.07, 6.45) is 7.24. The van der Waals surface area contributed by atoms with Gasteiger partial charge in [-0.15, -0.1) is 5.73 Å². The predicted molar refractivity (Wildman–Crippen MR) is 139 cm³/mol. The Morgan fingerprint density at radius 2 is 2.00 bits per heavy atom. The lowest BCUT2D eigenvalue weighted by molar-refractivity contribution is -0.158. The highest BCUT2D eigenvalue weighted by Gasteiger charge is 2.48. The zero-order valence-electron chi connectivity index (χ0n) is 20.5. The van der Waals surface area contributed by atoms with Crippen molar-refractivity contribution in [2.75, 3.05) is 26.2 Å². The van der Waals surface area contributed by atoms with E-state index < -0.39 is 5.60 Å². The summed E-state index contributed by atoms with van der Waals surface area (Å²) in [4.78, 5) is 33.0. The molecule has 2 aromatic heterocycles. The Bertz CT molecular complexity index is 1330. The lowest BCUT2D eigenvalue weighted by atomic mass is 9.76. The number of nitrogens with one attached hydrogen (secondary N) is 1. The topological polar surface area (TPSA) is 92.4 Å². The van der Waals surface area contributed by atoms with Gasteiger partial charge in [-0.2, -0.15) is 0 Å². The summed E-state index contributed by atoms with van der Waals surface area (Å²) in [5, 5.41) is 15.5. The van der Waals surface area contributed by atoms with Gasteiger partial charge in [-0.1, -0.05) is 36.9 Å². The van der Waals surface area contributed by atoms with E-state index >= 15 is 0 Å². The molecule has 5 rings (SSSR count). The number of piperidine rings is 2. The van der Waals surface area contributed by atoms with E-state index in [9.17, 15) is 14.7 Å².